The van der Waals surface area contributed by atoms with E-state index in [9.17, 15) is 8.78 Å². The van der Waals surface area contributed by atoms with Gasteiger partial charge in [0.1, 0.15) is 5.54 Å². The van der Waals surface area contributed by atoms with Gasteiger partial charge in [-0.05, 0) is 6.07 Å². The summed E-state index contributed by atoms with van der Waals surface area (Å²) in [5.74, 6) is -1.63. The van der Waals surface area contributed by atoms with Crippen LogP contribution >= 0.6 is 0 Å². The summed E-state index contributed by atoms with van der Waals surface area (Å²) in [6, 6.07) is 4.18. The zero-order valence-electron chi connectivity index (χ0n) is 8.50. The summed E-state index contributed by atoms with van der Waals surface area (Å²) in [5.41, 5.74) is 2.34. The molecule has 2 unspecified atom stereocenters. The highest BCUT2D eigenvalue weighted by molar-refractivity contribution is 5.30. The van der Waals surface area contributed by atoms with Crippen LogP contribution in [0.4, 0.5) is 8.78 Å². The van der Waals surface area contributed by atoms with Crippen molar-refractivity contribution in [1.82, 2.24) is 5.48 Å². The number of halogens is 2. The van der Waals surface area contributed by atoms with Crippen LogP contribution < -0.4 is 5.48 Å². The Morgan fingerprint density at radius 2 is 2.19 bits per heavy atom. The van der Waals surface area contributed by atoms with Crippen LogP contribution in [0.3, 0.4) is 0 Å². The lowest BCUT2D eigenvalue weighted by Crippen LogP contribution is -2.42. The zero-order chi connectivity index (χ0) is 11.2. The van der Waals surface area contributed by atoms with Crippen molar-refractivity contribution >= 4 is 0 Å². The molecule has 3 rings (SSSR count). The van der Waals surface area contributed by atoms with Gasteiger partial charge < -0.3 is 9.57 Å². The van der Waals surface area contributed by atoms with E-state index in [1.165, 1.54) is 6.07 Å². The maximum Gasteiger partial charge on any atom is 0.164 e. The second-order valence-corrected chi connectivity index (χ2v) is 4.20. The van der Waals surface area contributed by atoms with E-state index in [1.807, 2.05) is 0 Å². The van der Waals surface area contributed by atoms with Crippen molar-refractivity contribution in [1.29, 1.82) is 0 Å². The lowest BCUT2D eigenvalue weighted by molar-refractivity contribution is 0.0240. The maximum absolute atomic E-state index is 13.8. The van der Waals surface area contributed by atoms with Gasteiger partial charge in [0.2, 0.25) is 0 Å². The summed E-state index contributed by atoms with van der Waals surface area (Å²) >= 11 is 0. The number of hydroxylamine groups is 1. The molecule has 3 nitrogen and oxygen atoms in total. The molecule has 16 heavy (non-hydrogen) atoms. The van der Waals surface area contributed by atoms with Crippen LogP contribution in [0.2, 0.25) is 0 Å². The summed E-state index contributed by atoms with van der Waals surface area (Å²) in [6.07, 6.45) is 0. The molecule has 5 heteroatoms. The van der Waals surface area contributed by atoms with Crippen LogP contribution in [0.1, 0.15) is 5.56 Å². The molecule has 2 fully saturated rings. The first-order chi connectivity index (χ1) is 7.74. The van der Waals surface area contributed by atoms with E-state index in [2.05, 4.69) is 5.48 Å². The minimum absolute atomic E-state index is 0.0313. The lowest BCUT2D eigenvalue weighted by Gasteiger charge is -2.26. The van der Waals surface area contributed by atoms with Crippen molar-refractivity contribution in [3.63, 3.8) is 0 Å². The lowest BCUT2D eigenvalue weighted by atomic mass is 9.82. The molecule has 0 aliphatic carbocycles. The van der Waals surface area contributed by atoms with E-state index < -0.39 is 17.2 Å². The minimum atomic E-state index is -0.841. The number of fused-ring (bicyclic) bond motifs is 1. The smallest absolute Gasteiger partial charge is 0.164 e. The van der Waals surface area contributed by atoms with Gasteiger partial charge in [-0.1, -0.05) is 12.1 Å². The van der Waals surface area contributed by atoms with Gasteiger partial charge in [0.15, 0.2) is 11.6 Å². The predicted molar refractivity (Wildman–Crippen MR) is 51.4 cm³/mol. The van der Waals surface area contributed by atoms with E-state index in [0.717, 1.165) is 6.07 Å². The Balaban J connectivity index is 2.11. The molecule has 0 spiro atoms. The second-order valence-electron chi connectivity index (χ2n) is 4.20. The topological polar surface area (TPSA) is 30.5 Å². The monoisotopic (exact) mass is 227 g/mol. The van der Waals surface area contributed by atoms with Crippen LogP contribution in [0, 0.1) is 17.6 Å². The first-order valence-corrected chi connectivity index (χ1v) is 5.15. The Hall–Kier alpha value is -1.04. The summed E-state index contributed by atoms with van der Waals surface area (Å²) in [7, 11) is 0. The Morgan fingerprint density at radius 1 is 1.31 bits per heavy atom. The zero-order valence-corrected chi connectivity index (χ0v) is 8.50. The van der Waals surface area contributed by atoms with E-state index >= 15 is 0 Å². The number of hydrogen-bond acceptors (Lipinski definition) is 3. The number of hydrogen-bond donors (Lipinski definition) is 1. The van der Waals surface area contributed by atoms with Crippen LogP contribution in [-0.2, 0) is 15.1 Å². The second kappa shape index (κ2) is 3.48. The predicted octanol–water partition coefficient (Wildman–Crippen LogP) is 1.34. The molecule has 2 saturated heterocycles. The molecule has 1 N–H and O–H groups in total. The van der Waals surface area contributed by atoms with Gasteiger partial charge >= 0.3 is 0 Å². The molecular formula is C11H11F2NO2. The molecule has 0 bridgehead atoms. The first-order valence-electron chi connectivity index (χ1n) is 5.15. The Bertz CT molecular complexity index is 414. The first kappa shape index (κ1) is 10.1. The quantitative estimate of drug-likeness (QED) is 0.785. The standard InChI is InChI=1S/C11H11F2NO2/c12-9-3-1-2-8(10(9)13)11-6-15-4-7(11)5-16-14-11/h1-3,7,14H,4-6H2. The maximum atomic E-state index is 13.8. The van der Waals surface area contributed by atoms with E-state index in [4.69, 9.17) is 9.57 Å². The normalized spacial score (nSPS) is 33.0. The number of benzene rings is 1. The summed E-state index contributed by atoms with van der Waals surface area (Å²) in [6.45, 7) is 1.26. The third kappa shape index (κ3) is 1.22. The highest BCUT2D eigenvalue weighted by atomic mass is 19.2. The van der Waals surface area contributed by atoms with E-state index in [-0.39, 0.29) is 11.5 Å². The van der Waals surface area contributed by atoms with Crippen molar-refractivity contribution in [3.05, 3.63) is 35.4 Å². The van der Waals surface area contributed by atoms with Gasteiger partial charge in [0.05, 0.1) is 19.8 Å². The summed E-state index contributed by atoms with van der Waals surface area (Å²) in [5, 5.41) is 0. The van der Waals surface area contributed by atoms with Crippen LogP contribution in [0.15, 0.2) is 18.2 Å². The van der Waals surface area contributed by atoms with Crippen molar-refractivity contribution in [3.8, 4) is 0 Å². The fourth-order valence-electron chi connectivity index (χ4n) is 2.40. The van der Waals surface area contributed by atoms with Gasteiger partial charge in [-0.25, -0.2) is 8.78 Å². The fourth-order valence-corrected chi connectivity index (χ4v) is 2.40. The Labute approximate surface area is 91.3 Å². The summed E-state index contributed by atoms with van der Waals surface area (Å²) < 4.78 is 32.3. The average Bonchev–Trinajstić information content (AvgIpc) is 2.81. The number of rotatable bonds is 1. The number of ether oxygens (including phenoxy) is 1. The van der Waals surface area contributed by atoms with Gasteiger partial charge in [0.25, 0.3) is 0 Å². The molecular weight excluding hydrogens is 216 g/mol. The Kier molecular flexibility index (Phi) is 2.20. The third-order valence-electron chi connectivity index (χ3n) is 3.32. The summed E-state index contributed by atoms with van der Waals surface area (Å²) in [4.78, 5) is 5.15. The van der Waals surface area contributed by atoms with Gasteiger partial charge in [0, 0.05) is 11.5 Å². The number of nitrogens with one attached hydrogen (secondary N) is 1. The van der Waals surface area contributed by atoms with Crippen LogP contribution in [0.5, 0.6) is 0 Å². The molecule has 0 radical (unpaired) electrons. The SMILES string of the molecule is Fc1cccc(C23COCC2CON3)c1F. The van der Waals surface area contributed by atoms with Gasteiger partial charge in [-0.3, -0.25) is 0 Å². The van der Waals surface area contributed by atoms with Crippen molar-refractivity contribution in [2.45, 2.75) is 5.54 Å². The highest BCUT2D eigenvalue weighted by Crippen LogP contribution is 2.40. The molecule has 2 aliphatic heterocycles. The van der Waals surface area contributed by atoms with Crippen molar-refractivity contribution in [2.75, 3.05) is 19.8 Å². The van der Waals surface area contributed by atoms with E-state index in [0.29, 0.717) is 19.8 Å². The largest absolute Gasteiger partial charge is 0.379 e. The van der Waals surface area contributed by atoms with Gasteiger partial charge in [-0.2, -0.15) is 5.48 Å². The third-order valence-corrected chi connectivity index (χ3v) is 3.32. The Morgan fingerprint density at radius 3 is 3.06 bits per heavy atom. The fraction of sp³-hybridized carbons (Fsp3) is 0.455. The molecule has 0 amide bonds. The van der Waals surface area contributed by atoms with Crippen LogP contribution in [0.25, 0.3) is 0 Å². The van der Waals surface area contributed by atoms with Crippen molar-refractivity contribution in [2.24, 2.45) is 5.92 Å². The molecule has 1 aromatic carbocycles. The van der Waals surface area contributed by atoms with Crippen molar-refractivity contribution < 1.29 is 18.4 Å². The molecule has 2 atom stereocenters. The molecule has 0 saturated carbocycles. The minimum Gasteiger partial charge on any atom is -0.379 e. The molecule has 2 heterocycles. The molecule has 86 valence electrons. The molecule has 0 aromatic heterocycles. The van der Waals surface area contributed by atoms with Gasteiger partial charge in [-0.15, -0.1) is 0 Å². The molecule has 1 aromatic rings. The van der Waals surface area contributed by atoms with Crippen LogP contribution in [-0.4, -0.2) is 19.8 Å². The van der Waals surface area contributed by atoms with E-state index in [1.54, 1.807) is 6.07 Å². The molecule has 2 aliphatic rings. The highest BCUT2D eigenvalue weighted by Gasteiger charge is 2.51. The average molecular weight is 227 g/mol.